The highest BCUT2D eigenvalue weighted by Crippen LogP contribution is 2.26. The van der Waals surface area contributed by atoms with E-state index in [0.717, 1.165) is 16.8 Å². The lowest BCUT2D eigenvalue weighted by Gasteiger charge is -2.07. The molecule has 0 saturated carbocycles. The topological polar surface area (TPSA) is 28.7 Å². The predicted molar refractivity (Wildman–Crippen MR) is 85.3 cm³/mol. The molecule has 0 aliphatic rings. The van der Waals surface area contributed by atoms with Crippen molar-refractivity contribution < 1.29 is 0 Å². The summed E-state index contributed by atoms with van der Waals surface area (Å²) in [4.78, 5) is 7.66. The van der Waals surface area contributed by atoms with Gasteiger partial charge >= 0.3 is 0 Å². The first-order valence-corrected chi connectivity index (χ1v) is 6.94. The Bertz CT molecular complexity index is 797. The maximum atomic E-state index is 6.22. The summed E-state index contributed by atoms with van der Waals surface area (Å²) in [6.07, 6.45) is 0. The first-order chi connectivity index (χ1) is 9.74. The Morgan fingerprint density at radius 3 is 2.40 bits per heavy atom. The van der Waals surface area contributed by atoms with E-state index in [1.807, 2.05) is 60.7 Å². The molecule has 2 aromatic carbocycles. The van der Waals surface area contributed by atoms with Crippen LogP contribution in [0.4, 0.5) is 0 Å². The first-order valence-electron chi connectivity index (χ1n) is 6.16. The number of aromatic nitrogens is 2. The van der Waals surface area contributed by atoms with Crippen molar-refractivity contribution in [3.8, 4) is 22.6 Å². The van der Waals surface area contributed by atoms with Gasteiger partial charge in [-0.05, 0) is 23.8 Å². The smallest absolute Gasteiger partial charge is 0.140 e. The van der Waals surface area contributed by atoms with E-state index >= 15 is 0 Å². The van der Waals surface area contributed by atoms with Crippen molar-refractivity contribution in [2.45, 2.75) is 0 Å². The van der Waals surface area contributed by atoms with Gasteiger partial charge in [-0.25, -0.2) is 4.98 Å². The summed E-state index contributed by atoms with van der Waals surface area (Å²) in [6, 6.07) is 19.4. The van der Waals surface area contributed by atoms with Gasteiger partial charge in [-0.2, -0.15) is 0 Å². The van der Waals surface area contributed by atoms with Crippen LogP contribution in [-0.4, -0.2) is 9.97 Å². The minimum Gasteiger partial charge on any atom is -0.339 e. The van der Waals surface area contributed by atoms with E-state index in [9.17, 15) is 0 Å². The molecule has 1 aromatic heterocycles. The van der Waals surface area contributed by atoms with Gasteiger partial charge in [0.05, 0.1) is 5.02 Å². The second kappa shape index (κ2) is 5.57. The third kappa shape index (κ3) is 2.64. The Labute approximate surface area is 127 Å². The van der Waals surface area contributed by atoms with Gasteiger partial charge in [0.1, 0.15) is 10.5 Å². The van der Waals surface area contributed by atoms with Gasteiger partial charge in [-0.3, -0.25) is 0 Å². The Hall–Kier alpha value is -1.97. The molecule has 98 valence electrons. The van der Waals surface area contributed by atoms with E-state index in [0.29, 0.717) is 15.5 Å². The van der Waals surface area contributed by atoms with Crippen molar-refractivity contribution in [3.63, 3.8) is 0 Å². The summed E-state index contributed by atoms with van der Waals surface area (Å²) in [7, 11) is 0. The Balaban J connectivity index is 2.18. The molecule has 20 heavy (non-hydrogen) atoms. The number of halogens is 1. The lowest BCUT2D eigenvalue weighted by Crippen LogP contribution is -1.93. The monoisotopic (exact) mass is 298 g/mol. The van der Waals surface area contributed by atoms with Crippen molar-refractivity contribution in [1.82, 2.24) is 9.97 Å². The predicted octanol–water partition coefficient (Wildman–Crippen LogP) is 5.13. The minimum atomic E-state index is 0.539. The van der Waals surface area contributed by atoms with E-state index in [-0.39, 0.29) is 0 Å². The molecule has 0 aliphatic heterocycles. The average molecular weight is 299 g/mol. The molecule has 3 aromatic rings. The molecule has 0 radical (unpaired) electrons. The minimum absolute atomic E-state index is 0.539. The Morgan fingerprint density at radius 1 is 0.950 bits per heavy atom. The Kier molecular flexibility index (Phi) is 3.63. The molecule has 0 unspecified atom stereocenters. The lowest BCUT2D eigenvalue weighted by atomic mass is 10.1. The van der Waals surface area contributed by atoms with Crippen molar-refractivity contribution in [3.05, 3.63) is 70.3 Å². The highest BCUT2D eigenvalue weighted by Gasteiger charge is 2.07. The normalized spacial score (nSPS) is 10.4. The van der Waals surface area contributed by atoms with E-state index in [2.05, 4.69) is 9.97 Å². The van der Waals surface area contributed by atoms with Crippen LogP contribution in [0.15, 0.2) is 60.7 Å². The van der Waals surface area contributed by atoms with Crippen molar-refractivity contribution in [1.29, 1.82) is 0 Å². The van der Waals surface area contributed by atoms with Crippen LogP contribution in [0.25, 0.3) is 22.6 Å². The molecule has 1 heterocycles. The summed E-state index contributed by atoms with van der Waals surface area (Å²) in [5, 5.41) is 0.649. The number of aromatic amines is 1. The van der Waals surface area contributed by atoms with Crippen LogP contribution < -0.4 is 0 Å². The largest absolute Gasteiger partial charge is 0.339 e. The summed E-state index contributed by atoms with van der Waals surface area (Å²) < 4.78 is 0.539. The van der Waals surface area contributed by atoms with Gasteiger partial charge in [0, 0.05) is 11.3 Å². The second-order valence-corrected chi connectivity index (χ2v) is 5.15. The highest BCUT2D eigenvalue weighted by atomic mass is 35.5. The van der Waals surface area contributed by atoms with Crippen molar-refractivity contribution >= 4 is 23.8 Å². The number of hydrogen-bond acceptors (Lipinski definition) is 2. The van der Waals surface area contributed by atoms with Gasteiger partial charge in [0.2, 0.25) is 0 Å². The maximum absolute atomic E-state index is 6.22. The van der Waals surface area contributed by atoms with Gasteiger partial charge in [-0.15, -0.1) is 0 Å². The second-order valence-electron chi connectivity index (χ2n) is 4.33. The Morgan fingerprint density at radius 2 is 1.65 bits per heavy atom. The summed E-state index contributed by atoms with van der Waals surface area (Å²) in [5.74, 6) is 0.682. The zero-order chi connectivity index (χ0) is 13.9. The van der Waals surface area contributed by atoms with E-state index in [4.69, 9.17) is 23.8 Å². The molecule has 0 fully saturated rings. The van der Waals surface area contributed by atoms with Crippen LogP contribution >= 0.6 is 23.8 Å². The fourth-order valence-corrected chi connectivity index (χ4v) is 2.45. The van der Waals surface area contributed by atoms with Gasteiger partial charge < -0.3 is 4.98 Å². The summed E-state index contributed by atoms with van der Waals surface area (Å²) in [6.45, 7) is 0. The fourth-order valence-electron chi connectivity index (χ4n) is 2.01. The van der Waals surface area contributed by atoms with Crippen molar-refractivity contribution in [2.24, 2.45) is 0 Å². The molecule has 0 saturated heterocycles. The third-order valence-corrected chi connectivity index (χ3v) is 3.50. The molecule has 2 nitrogen and oxygen atoms in total. The van der Waals surface area contributed by atoms with Crippen LogP contribution in [0, 0.1) is 4.64 Å². The third-order valence-electron chi connectivity index (χ3n) is 2.96. The van der Waals surface area contributed by atoms with Gasteiger partial charge in [0.25, 0.3) is 0 Å². The molecule has 0 bridgehead atoms. The van der Waals surface area contributed by atoms with Crippen LogP contribution in [0.2, 0.25) is 5.02 Å². The SMILES string of the molecule is S=c1cc(-c2ccccc2)[nH]c(-c2ccccc2Cl)n1. The molecular formula is C16H11ClN2S. The summed E-state index contributed by atoms with van der Waals surface area (Å²) in [5.41, 5.74) is 2.84. The van der Waals surface area contributed by atoms with Gasteiger partial charge in [-0.1, -0.05) is 66.3 Å². The van der Waals surface area contributed by atoms with E-state index < -0.39 is 0 Å². The number of benzene rings is 2. The standard InChI is InChI=1S/C16H11ClN2S/c17-13-9-5-4-8-12(13)16-18-14(10-15(20)19-16)11-6-2-1-3-7-11/h1-10H,(H,18,19,20). The number of nitrogens with one attached hydrogen (secondary N) is 1. The summed E-state index contributed by atoms with van der Waals surface area (Å²) >= 11 is 11.5. The number of H-pyrrole nitrogens is 1. The molecular weight excluding hydrogens is 288 g/mol. The van der Waals surface area contributed by atoms with Crippen molar-refractivity contribution in [2.75, 3.05) is 0 Å². The number of rotatable bonds is 2. The molecule has 4 heteroatoms. The zero-order valence-corrected chi connectivity index (χ0v) is 12.1. The zero-order valence-electron chi connectivity index (χ0n) is 10.5. The lowest BCUT2D eigenvalue weighted by molar-refractivity contribution is 1.16. The van der Waals surface area contributed by atoms with Crippen LogP contribution in [0.3, 0.4) is 0 Å². The molecule has 3 rings (SSSR count). The highest BCUT2D eigenvalue weighted by molar-refractivity contribution is 7.71. The van der Waals surface area contributed by atoms with Crippen LogP contribution in [0.5, 0.6) is 0 Å². The molecule has 0 spiro atoms. The fraction of sp³-hybridized carbons (Fsp3) is 0. The molecule has 0 atom stereocenters. The van der Waals surface area contributed by atoms with E-state index in [1.54, 1.807) is 0 Å². The average Bonchev–Trinajstić information content (AvgIpc) is 2.48. The maximum Gasteiger partial charge on any atom is 0.140 e. The quantitative estimate of drug-likeness (QED) is 0.665. The first kappa shape index (κ1) is 13.0. The van der Waals surface area contributed by atoms with Crippen LogP contribution in [0.1, 0.15) is 0 Å². The molecule has 0 aliphatic carbocycles. The van der Waals surface area contributed by atoms with Gasteiger partial charge in [0.15, 0.2) is 0 Å². The van der Waals surface area contributed by atoms with E-state index in [1.165, 1.54) is 0 Å². The number of nitrogens with zero attached hydrogens (tertiary/aromatic N) is 1. The molecule has 0 amide bonds. The molecule has 1 N–H and O–H groups in total. The van der Waals surface area contributed by atoms with Crippen LogP contribution in [-0.2, 0) is 0 Å². The number of hydrogen-bond donors (Lipinski definition) is 1.